The van der Waals surface area contributed by atoms with E-state index in [0.717, 1.165) is 11.3 Å². The van der Waals surface area contributed by atoms with Gasteiger partial charge in [-0.15, -0.1) is 5.10 Å². The van der Waals surface area contributed by atoms with E-state index in [-0.39, 0.29) is 6.61 Å². The number of pyridine rings is 1. The molecule has 0 unspecified atom stereocenters. The van der Waals surface area contributed by atoms with Crippen molar-refractivity contribution >= 4 is 0 Å². The van der Waals surface area contributed by atoms with Crippen LogP contribution < -0.4 is 4.91 Å². The number of hydrogen-bond acceptors (Lipinski definition) is 6. The predicted molar refractivity (Wildman–Crippen MR) is 60.3 cm³/mol. The number of aromatic nitrogens is 4. The second kappa shape index (κ2) is 5.76. The van der Waals surface area contributed by atoms with Gasteiger partial charge in [0.25, 0.3) is 0 Å². The Kier molecular flexibility index (Phi) is 3.85. The van der Waals surface area contributed by atoms with Crippen molar-refractivity contribution in [3.05, 3.63) is 41.5 Å². The summed E-state index contributed by atoms with van der Waals surface area (Å²) in [5.41, 5.74) is 8.81. The van der Waals surface area contributed by atoms with E-state index in [1.807, 2.05) is 12.1 Å². The summed E-state index contributed by atoms with van der Waals surface area (Å²) in [5, 5.41) is 20.1. The van der Waals surface area contributed by atoms with Gasteiger partial charge in [-0.1, -0.05) is 11.3 Å². The summed E-state index contributed by atoms with van der Waals surface area (Å²) in [6.45, 7) is 0.729. The Balaban J connectivity index is 2.03. The molecule has 0 aliphatic heterocycles. The van der Waals surface area contributed by atoms with Crippen LogP contribution in [0, 0.1) is 5.53 Å². The highest BCUT2D eigenvalue weighted by molar-refractivity contribution is 5.14. The zero-order valence-corrected chi connectivity index (χ0v) is 9.56. The second-order valence-corrected chi connectivity index (χ2v) is 3.62. The van der Waals surface area contributed by atoms with Crippen LogP contribution in [-0.2, 0) is 19.7 Å². The van der Waals surface area contributed by atoms with Crippen molar-refractivity contribution < 1.29 is 5.11 Å². The highest BCUT2D eigenvalue weighted by Crippen LogP contribution is 2.03. The molecule has 0 aliphatic carbocycles. The summed E-state index contributed by atoms with van der Waals surface area (Å²) in [6, 6.07) is 3.73. The normalized spacial score (nSPS) is 10.1. The maximum absolute atomic E-state index is 8.87. The van der Waals surface area contributed by atoms with Crippen LogP contribution in [0.1, 0.15) is 17.0 Å². The number of nitrogens with one attached hydrogen (secondary N) is 1. The zero-order valence-electron chi connectivity index (χ0n) is 9.56. The molecular formula is C10H12N7O+. The van der Waals surface area contributed by atoms with Crippen molar-refractivity contribution in [2.75, 3.05) is 0 Å². The van der Waals surface area contributed by atoms with Gasteiger partial charge in [0.15, 0.2) is 0 Å². The summed E-state index contributed by atoms with van der Waals surface area (Å²) < 4.78 is 1.61. The first-order valence-corrected chi connectivity index (χ1v) is 5.28. The summed E-state index contributed by atoms with van der Waals surface area (Å²) >= 11 is 0. The molecule has 2 aromatic rings. The van der Waals surface area contributed by atoms with Gasteiger partial charge in [-0.2, -0.15) is 0 Å². The largest absolute Gasteiger partial charge is 0.390 e. The lowest BCUT2D eigenvalue weighted by Crippen LogP contribution is -2.02. The van der Waals surface area contributed by atoms with E-state index < -0.39 is 0 Å². The monoisotopic (exact) mass is 246 g/mol. The van der Waals surface area contributed by atoms with Crippen LogP contribution in [0.4, 0.5) is 0 Å². The number of aliphatic hydroxyl groups is 1. The molecule has 18 heavy (non-hydrogen) atoms. The minimum Gasteiger partial charge on any atom is -0.390 e. The van der Waals surface area contributed by atoms with E-state index >= 15 is 0 Å². The van der Waals surface area contributed by atoms with Crippen molar-refractivity contribution in [2.24, 2.45) is 5.11 Å². The van der Waals surface area contributed by atoms with Gasteiger partial charge in [-0.05, 0) is 11.6 Å². The minimum absolute atomic E-state index is 0.121. The molecule has 2 heterocycles. The average Bonchev–Trinajstić information content (AvgIpc) is 2.86. The second-order valence-electron chi connectivity index (χ2n) is 3.62. The molecule has 92 valence electrons. The van der Waals surface area contributed by atoms with Gasteiger partial charge >= 0.3 is 0 Å². The molecule has 8 nitrogen and oxygen atoms in total. The minimum atomic E-state index is -0.121. The van der Waals surface area contributed by atoms with Gasteiger partial charge in [0, 0.05) is 6.20 Å². The third-order valence-corrected chi connectivity index (χ3v) is 2.28. The standard InChI is InChI=1S/C10H12N7O/c11-15-13-4-8-1-2-9(12-3-8)5-17-6-10(7-18)14-16-17/h1-3,6,11,18H,4-5,7H2/q+1. The average molecular weight is 246 g/mol. The third-order valence-electron chi connectivity index (χ3n) is 2.28. The Bertz CT molecular complexity index is 556. The lowest BCUT2D eigenvalue weighted by Gasteiger charge is -2.00. The van der Waals surface area contributed by atoms with Crippen LogP contribution in [0.2, 0.25) is 0 Å². The predicted octanol–water partition coefficient (Wildman–Crippen LogP) is 0.264. The van der Waals surface area contributed by atoms with E-state index in [4.69, 9.17) is 10.6 Å². The van der Waals surface area contributed by atoms with Crippen molar-refractivity contribution in [1.29, 1.82) is 5.53 Å². The van der Waals surface area contributed by atoms with Crippen LogP contribution in [0.25, 0.3) is 0 Å². The maximum Gasteiger partial charge on any atom is 0.214 e. The molecule has 0 saturated heterocycles. The van der Waals surface area contributed by atoms with Crippen LogP contribution >= 0.6 is 0 Å². The summed E-state index contributed by atoms with van der Waals surface area (Å²) in [6.07, 6.45) is 3.36. The molecule has 0 fully saturated rings. The molecular weight excluding hydrogens is 234 g/mol. The zero-order chi connectivity index (χ0) is 12.8. The number of nitrogens with zero attached hydrogens (tertiary/aromatic N) is 6. The molecule has 0 amide bonds. The van der Waals surface area contributed by atoms with Gasteiger partial charge in [0.05, 0.1) is 25.0 Å². The highest BCUT2D eigenvalue weighted by atomic mass is 16.3. The summed E-state index contributed by atoms with van der Waals surface area (Å²) in [4.78, 5) is 7.18. The Morgan fingerprint density at radius 3 is 2.89 bits per heavy atom. The van der Waals surface area contributed by atoms with Gasteiger partial charge < -0.3 is 5.11 Å². The topological polar surface area (TPSA) is 114 Å². The third kappa shape index (κ3) is 3.03. The van der Waals surface area contributed by atoms with Gasteiger partial charge in [-0.3, -0.25) is 4.98 Å². The lowest BCUT2D eigenvalue weighted by molar-refractivity contribution is 0.276. The van der Waals surface area contributed by atoms with Gasteiger partial charge in [0.2, 0.25) is 4.91 Å². The van der Waals surface area contributed by atoms with E-state index in [2.05, 4.69) is 25.3 Å². The van der Waals surface area contributed by atoms with E-state index in [1.54, 1.807) is 17.1 Å². The number of aliphatic hydroxyl groups excluding tert-OH is 1. The van der Waals surface area contributed by atoms with Gasteiger partial charge in [0.1, 0.15) is 22.9 Å². The first-order chi connectivity index (χ1) is 8.81. The maximum atomic E-state index is 8.87. The fourth-order valence-electron chi connectivity index (χ4n) is 1.41. The Hall–Kier alpha value is -2.44. The van der Waals surface area contributed by atoms with E-state index in [1.165, 1.54) is 0 Å². The SMILES string of the molecule is N=[N+]=NCc1ccc(Cn2cc(CO)nn2)nc1. The van der Waals surface area contributed by atoms with Crippen molar-refractivity contribution in [3.8, 4) is 0 Å². The molecule has 0 aliphatic rings. The Morgan fingerprint density at radius 1 is 1.39 bits per heavy atom. The van der Waals surface area contributed by atoms with Gasteiger partial charge in [-0.25, -0.2) is 4.68 Å². The fourth-order valence-corrected chi connectivity index (χ4v) is 1.41. The van der Waals surface area contributed by atoms with E-state index in [9.17, 15) is 0 Å². The first kappa shape index (κ1) is 12.0. The van der Waals surface area contributed by atoms with Crippen LogP contribution in [0.5, 0.6) is 0 Å². The Labute approximate surface area is 103 Å². The van der Waals surface area contributed by atoms with Crippen LogP contribution in [0.3, 0.4) is 0 Å². The lowest BCUT2D eigenvalue weighted by atomic mass is 10.2. The van der Waals surface area contributed by atoms with Crippen molar-refractivity contribution in [1.82, 2.24) is 24.9 Å². The molecule has 8 heteroatoms. The number of hydrogen-bond donors (Lipinski definition) is 2. The van der Waals surface area contributed by atoms with Crippen LogP contribution in [0.15, 0.2) is 29.6 Å². The molecule has 0 bridgehead atoms. The fraction of sp³-hybridized carbons (Fsp3) is 0.300. The molecule has 0 aromatic carbocycles. The molecule has 2 aromatic heterocycles. The summed E-state index contributed by atoms with van der Waals surface area (Å²) in [7, 11) is 0. The number of rotatable bonds is 5. The first-order valence-electron chi connectivity index (χ1n) is 5.28. The van der Waals surface area contributed by atoms with Crippen molar-refractivity contribution in [2.45, 2.75) is 19.7 Å². The Morgan fingerprint density at radius 2 is 2.28 bits per heavy atom. The molecule has 0 radical (unpaired) electrons. The van der Waals surface area contributed by atoms with E-state index in [0.29, 0.717) is 18.8 Å². The quantitative estimate of drug-likeness (QED) is 0.581. The molecule has 2 rings (SSSR count). The smallest absolute Gasteiger partial charge is 0.214 e. The molecule has 0 atom stereocenters. The molecule has 2 N–H and O–H groups in total. The summed E-state index contributed by atoms with van der Waals surface area (Å²) in [5.74, 6) is 0. The molecule has 0 saturated carbocycles. The van der Waals surface area contributed by atoms with Crippen molar-refractivity contribution in [3.63, 3.8) is 0 Å². The molecule has 0 spiro atoms. The highest BCUT2D eigenvalue weighted by Gasteiger charge is 2.02. The van der Waals surface area contributed by atoms with Crippen LogP contribution in [-0.4, -0.2) is 25.1 Å².